The molecule has 4 rings (SSSR count). The van der Waals surface area contributed by atoms with E-state index < -0.39 is 10.6 Å². The fourth-order valence-electron chi connectivity index (χ4n) is 3.77. The van der Waals surface area contributed by atoms with Gasteiger partial charge in [0.15, 0.2) is 0 Å². The number of nitrogens with zero attached hydrogens (tertiary/aromatic N) is 3. The number of para-hydroxylation sites is 1. The lowest BCUT2D eigenvalue weighted by molar-refractivity contribution is 0.0652. The van der Waals surface area contributed by atoms with Gasteiger partial charge in [-0.05, 0) is 24.3 Å². The van der Waals surface area contributed by atoms with Gasteiger partial charge in [-0.3, -0.25) is 14.0 Å². The van der Waals surface area contributed by atoms with E-state index in [1.165, 1.54) is 0 Å². The number of ether oxygens (including phenoxy) is 1. The van der Waals surface area contributed by atoms with Crippen LogP contribution in [0, 0.1) is 0 Å². The molecular formula is C21H27N3O4S. The Balaban J connectivity index is 1.58. The molecule has 156 valence electrons. The molecule has 8 heteroatoms. The van der Waals surface area contributed by atoms with Gasteiger partial charge in [-0.25, -0.2) is 4.99 Å². The van der Waals surface area contributed by atoms with E-state index in [0.717, 1.165) is 44.1 Å². The number of fused-ring (bicyclic) bond motifs is 2. The van der Waals surface area contributed by atoms with Crippen molar-refractivity contribution in [1.29, 1.82) is 0 Å². The first-order valence-electron chi connectivity index (χ1n) is 9.82. The Morgan fingerprint density at radius 3 is 2.34 bits per heavy atom. The normalized spacial score (nSPS) is 19.7. The van der Waals surface area contributed by atoms with Gasteiger partial charge in [0.05, 0.1) is 35.3 Å². The van der Waals surface area contributed by atoms with Crippen LogP contribution in [0.2, 0.25) is 0 Å². The Bertz CT molecular complexity index is 882. The largest absolute Gasteiger partial charge is 0.394 e. The minimum atomic E-state index is -3.13. The van der Waals surface area contributed by atoms with Gasteiger partial charge < -0.3 is 14.7 Å². The number of hydrogen-bond donors (Lipinski definition) is 3. The highest BCUT2D eigenvalue weighted by atomic mass is 32.3. The molecule has 0 saturated carbocycles. The molecule has 29 heavy (non-hydrogen) atoms. The number of aliphatic hydroxyl groups excluding tert-OH is 1. The van der Waals surface area contributed by atoms with Crippen molar-refractivity contribution in [3.05, 3.63) is 54.1 Å². The van der Waals surface area contributed by atoms with E-state index in [-0.39, 0.29) is 6.61 Å². The molecule has 0 bridgehead atoms. The van der Waals surface area contributed by atoms with E-state index in [9.17, 15) is 9.11 Å². The number of rotatable bonds is 5. The topological polar surface area (TPSA) is 88.8 Å². The zero-order chi connectivity index (χ0) is 20.3. The predicted molar refractivity (Wildman–Crippen MR) is 114 cm³/mol. The second kappa shape index (κ2) is 8.83. The average molecular weight is 418 g/mol. The van der Waals surface area contributed by atoms with Crippen molar-refractivity contribution in [1.82, 2.24) is 9.80 Å². The van der Waals surface area contributed by atoms with Crippen LogP contribution >= 0.6 is 10.6 Å². The molecule has 1 saturated heterocycles. The summed E-state index contributed by atoms with van der Waals surface area (Å²) in [5.74, 6) is 0.793. The predicted octanol–water partition coefficient (Wildman–Crippen LogP) is 2.87. The summed E-state index contributed by atoms with van der Waals surface area (Å²) in [5.41, 5.74) is 1.39. The third-order valence-electron chi connectivity index (χ3n) is 5.29. The van der Waals surface area contributed by atoms with Gasteiger partial charge in [0.1, 0.15) is 5.84 Å². The molecule has 0 radical (unpaired) electrons. The molecule has 7 nitrogen and oxygen atoms in total. The van der Waals surface area contributed by atoms with Gasteiger partial charge in [-0.1, -0.05) is 24.3 Å². The molecule has 2 aliphatic heterocycles. The molecule has 2 aromatic carbocycles. The number of hydrogen-bond acceptors (Lipinski definition) is 7. The summed E-state index contributed by atoms with van der Waals surface area (Å²) in [6, 6.07) is 14.7. The fraction of sp³-hybridized carbons (Fsp3) is 0.381. The van der Waals surface area contributed by atoms with Crippen LogP contribution in [-0.4, -0.2) is 82.4 Å². The van der Waals surface area contributed by atoms with E-state index >= 15 is 0 Å². The van der Waals surface area contributed by atoms with Crippen molar-refractivity contribution in [3.8, 4) is 0 Å². The van der Waals surface area contributed by atoms with Crippen molar-refractivity contribution in [3.63, 3.8) is 0 Å². The fourth-order valence-corrected chi connectivity index (χ4v) is 5.41. The third kappa shape index (κ3) is 4.18. The van der Waals surface area contributed by atoms with Crippen LogP contribution in [0.5, 0.6) is 0 Å². The minimum Gasteiger partial charge on any atom is -0.394 e. The summed E-state index contributed by atoms with van der Waals surface area (Å²) < 4.78 is 27.5. The van der Waals surface area contributed by atoms with Crippen LogP contribution in [0.25, 0.3) is 0 Å². The molecule has 0 spiro atoms. The summed E-state index contributed by atoms with van der Waals surface area (Å²) >= 11 is 0. The first-order valence-corrected chi connectivity index (χ1v) is 11.4. The van der Waals surface area contributed by atoms with Crippen LogP contribution < -0.4 is 0 Å². The molecule has 2 aliphatic rings. The lowest BCUT2D eigenvalue weighted by Crippen LogP contribution is -2.49. The van der Waals surface area contributed by atoms with E-state index in [1.807, 2.05) is 36.4 Å². The summed E-state index contributed by atoms with van der Waals surface area (Å²) in [6.07, 6.45) is 0. The monoisotopic (exact) mass is 417 g/mol. The summed E-state index contributed by atoms with van der Waals surface area (Å²) in [7, 11) is -3.13. The molecule has 2 aromatic rings. The summed E-state index contributed by atoms with van der Waals surface area (Å²) in [4.78, 5) is 10.4. The van der Waals surface area contributed by atoms with Crippen molar-refractivity contribution in [2.45, 2.75) is 9.79 Å². The highest BCUT2D eigenvalue weighted by molar-refractivity contribution is 8.24. The zero-order valence-corrected chi connectivity index (χ0v) is 17.1. The Hall–Kier alpha value is -1.94. The quantitative estimate of drug-likeness (QED) is 0.649. The molecule has 0 aliphatic carbocycles. The van der Waals surface area contributed by atoms with E-state index in [0.29, 0.717) is 28.7 Å². The van der Waals surface area contributed by atoms with Gasteiger partial charge in [-0.2, -0.15) is 0 Å². The molecule has 0 unspecified atom stereocenters. The lowest BCUT2D eigenvalue weighted by Gasteiger charge is -2.37. The maximum Gasteiger partial charge on any atom is 0.138 e. The minimum absolute atomic E-state index is 0.0493. The van der Waals surface area contributed by atoms with Gasteiger partial charge in [-0.15, -0.1) is 10.6 Å². The van der Waals surface area contributed by atoms with E-state index in [2.05, 4.69) is 9.80 Å². The van der Waals surface area contributed by atoms with E-state index in [4.69, 9.17) is 14.8 Å². The zero-order valence-electron chi connectivity index (χ0n) is 16.3. The molecular weight excluding hydrogens is 390 g/mol. The maximum atomic E-state index is 11.1. The van der Waals surface area contributed by atoms with Gasteiger partial charge in [0, 0.05) is 38.3 Å². The SMILES string of the molecule is OCCOCCN1CCN(C2=Nc3ccccc3S(O)(O)c3ccccc32)CC1. The first kappa shape index (κ1) is 20.3. The number of aliphatic hydroxyl groups is 1. The summed E-state index contributed by atoms with van der Waals surface area (Å²) in [5, 5.41) is 8.80. The Kier molecular flexibility index (Phi) is 6.19. The van der Waals surface area contributed by atoms with E-state index in [1.54, 1.807) is 12.1 Å². The average Bonchev–Trinajstić information content (AvgIpc) is 2.85. The number of aliphatic imine (C=N–C) groups is 1. The number of benzene rings is 2. The number of amidine groups is 1. The Labute approximate surface area is 172 Å². The standard InChI is InChI=1S/C21H27N3O4S/c25-14-16-28-15-13-23-9-11-24(12-10-23)21-17-5-1-3-7-19(17)29(26,27)20-8-4-2-6-18(20)22-21/h1-8,25-27H,9-16H2. The van der Waals surface area contributed by atoms with Gasteiger partial charge in [0.25, 0.3) is 0 Å². The lowest BCUT2D eigenvalue weighted by atomic mass is 10.1. The molecule has 2 heterocycles. The highest BCUT2D eigenvalue weighted by Gasteiger charge is 2.32. The third-order valence-corrected chi connectivity index (χ3v) is 7.22. The van der Waals surface area contributed by atoms with Crippen LogP contribution in [0.15, 0.2) is 63.3 Å². The van der Waals surface area contributed by atoms with Crippen LogP contribution in [0.1, 0.15) is 5.56 Å². The maximum absolute atomic E-state index is 11.1. The Morgan fingerprint density at radius 2 is 1.59 bits per heavy atom. The molecule has 0 amide bonds. The first-order chi connectivity index (χ1) is 14.1. The van der Waals surface area contributed by atoms with Crippen molar-refractivity contribution in [2.75, 3.05) is 52.5 Å². The van der Waals surface area contributed by atoms with Gasteiger partial charge in [0.2, 0.25) is 0 Å². The van der Waals surface area contributed by atoms with Gasteiger partial charge >= 0.3 is 0 Å². The number of piperazine rings is 1. The highest BCUT2D eigenvalue weighted by Crippen LogP contribution is 2.61. The van der Waals surface area contributed by atoms with Crippen LogP contribution in [0.4, 0.5) is 5.69 Å². The van der Waals surface area contributed by atoms with Crippen molar-refractivity contribution in [2.24, 2.45) is 4.99 Å². The van der Waals surface area contributed by atoms with Crippen molar-refractivity contribution < 1.29 is 18.9 Å². The second-order valence-electron chi connectivity index (χ2n) is 7.11. The van der Waals surface area contributed by atoms with Crippen molar-refractivity contribution >= 4 is 22.1 Å². The molecule has 0 atom stereocenters. The molecule has 3 N–H and O–H groups in total. The molecule has 0 aromatic heterocycles. The smallest absolute Gasteiger partial charge is 0.138 e. The summed E-state index contributed by atoms with van der Waals surface area (Å²) in [6.45, 7) is 5.22. The molecule has 1 fully saturated rings. The Morgan fingerprint density at radius 1 is 0.897 bits per heavy atom. The van der Waals surface area contributed by atoms with Crippen LogP contribution in [0.3, 0.4) is 0 Å². The van der Waals surface area contributed by atoms with Crippen LogP contribution in [-0.2, 0) is 4.74 Å². The second-order valence-corrected chi connectivity index (χ2v) is 9.09.